The zero-order valence-electron chi connectivity index (χ0n) is 12.5. The molecule has 4 heteroatoms. The molecule has 106 valence electrons. The van der Waals surface area contributed by atoms with Gasteiger partial charge in [-0.1, -0.05) is 13.0 Å². The van der Waals surface area contributed by atoms with E-state index in [0.29, 0.717) is 12.0 Å². The molecule has 1 aliphatic rings. The largest absolute Gasteiger partial charge is 0.355 e. The van der Waals surface area contributed by atoms with Gasteiger partial charge in [-0.25, -0.2) is 4.98 Å². The highest BCUT2D eigenvalue weighted by Crippen LogP contribution is 2.24. The van der Waals surface area contributed by atoms with Crippen LogP contribution in [0.5, 0.6) is 0 Å². The topological polar surface area (TPSA) is 45.4 Å². The average molecular weight is 262 g/mol. The third-order valence-corrected chi connectivity index (χ3v) is 3.93. The van der Waals surface area contributed by atoms with E-state index < -0.39 is 0 Å². The van der Waals surface area contributed by atoms with Crippen molar-refractivity contribution < 1.29 is 0 Å². The van der Waals surface area contributed by atoms with Crippen LogP contribution in [0.15, 0.2) is 18.3 Å². The number of hydrogen-bond acceptors (Lipinski definition) is 4. The number of nitrogens with two attached hydrogens (primary N) is 1. The first-order valence-electron chi connectivity index (χ1n) is 7.09. The van der Waals surface area contributed by atoms with Gasteiger partial charge in [0.05, 0.1) is 0 Å². The van der Waals surface area contributed by atoms with Crippen molar-refractivity contribution in [3.63, 3.8) is 0 Å². The van der Waals surface area contributed by atoms with Crippen LogP contribution in [0.1, 0.15) is 19.4 Å². The molecule has 0 saturated carbocycles. The van der Waals surface area contributed by atoms with Gasteiger partial charge in [-0.15, -0.1) is 0 Å². The van der Waals surface area contributed by atoms with Crippen LogP contribution in [-0.2, 0) is 6.42 Å². The van der Waals surface area contributed by atoms with Crippen LogP contribution in [0, 0.1) is 5.92 Å². The molecule has 2 heterocycles. The summed E-state index contributed by atoms with van der Waals surface area (Å²) in [7, 11) is 4.31. The molecule has 1 fully saturated rings. The SMILES string of the molecule is CC(N)Cc1ccc(N2CC(C)C(N(C)C)C2)nc1. The number of likely N-dealkylation sites (N-methyl/N-ethyl adjacent to an activating group) is 1. The van der Waals surface area contributed by atoms with E-state index in [1.165, 1.54) is 5.56 Å². The molecule has 2 N–H and O–H groups in total. The zero-order chi connectivity index (χ0) is 14.0. The number of nitrogens with zero attached hydrogens (tertiary/aromatic N) is 3. The number of pyridine rings is 1. The van der Waals surface area contributed by atoms with Crippen LogP contribution in [0.25, 0.3) is 0 Å². The highest BCUT2D eigenvalue weighted by molar-refractivity contribution is 5.41. The second kappa shape index (κ2) is 5.88. The summed E-state index contributed by atoms with van der Waals surface area (Å²) in [5, 5.41) is 0. The molecule has 0 spiro atoms. The fourth-order valence-corrected chi connectivity index (χ4v) is 2.91. The molecular formula is C15H26N4. The normalized spacial score (nSPS) is 25.1. The third kappa shape index (κ3) is 3.45. The summed E-state index contributed by atoms with van der Waals surface area (Å²) in [6, 6.07) is 5.09. The molecule has 0 radical (unpaired) electrons. The van der Waals surface area contributed by atoms with E-state index in [9.17, 15) is 0 Å². The minimum Gasteiger partial charge on any atom is -0.355 e. The van der Waals surface area contributed by atoms with Crippen LogP contribution in [0.3, 0.4) is 0 Å². The van der Waals surface area contributed by atoms with E-state index in [1.54, 1.807) is 0 Å². The molecule has 0 aromatic carbocycles. The van der Waals surface area contributed by atoms with E-state index in [4.69, 9.17) is 5.73 Å². The molecule has 1 aromatic heterocycles. The molecule has 19 heavy (non-hydrogen) atoms. The first kappa shape index (κ1) is 14.3. The van der Waals surface area contributed by atoms with Gasteiger partial charge in [-0.05, 0) is 45.0 Å². The summed E-state index contributed by atoms with van der Waals surface area (Å²) < 4.78 is 0. The fraction of sp³-hybridized carbons (Fsp3) is 0.667. The summed E-state index contributed by atoms with van der Waals surface area (Å²) in [6.07, 6.45) is 2.86. The summed E-state index contributed by atoms with van der Waals surface area (Å²) in [5.41, 5.74) is 7.03. The standard InChI is InChI=1S/C15H26N4/c1-11-9-19(10-14(11)18(3)4)15-6-5-13(8-17-15)7-12(2)16/h5-6,8,11-12,14H,7,9-10,16H2,1-4H3. The maximum atomic E-state index is 5.81. The Balaban J connectivity index is 2.03. The van der Waals surface area contributed by atoms with Crippen molar-refractivity contribution in [1.29, 1.82) is 0 Å². The average Bonchev–Trinajstić information content (AvgIpc) is 2.71. The minimum absolute atomic E-state index is 0.192. The Kier molecular flexibility index (Phi) is 4.42. The van der Waals surface area contributed by atoms with Crippen molar-refractivity contribution in [2.45, 2.75) is 32.4 Å². The van der Waals surface area contributed by atoms with Crippen molar-refractivity contribution in [2.24, 2.45) is 11.7 Å². The molecule has 1 aromatic rings. The highest BCUT2D eigenvalue weighted by Gasteiger charge is 2.31. The zero-order valence-corrected chi connectivity index (χ0v) is 12.5. The fourth-order valence-electron chi connectivity index (χ4n) is 2.91. The van der Waals surface area contributed by atoms with Crippen LogP contribution < -0.4 is 10.6 Å². The molecule has 1 saturated heterocycles. The lowest BCUT2D eigenvalue weighted by atomic mass is 10.1. The second-order valence-corrected chi connectivity index (χ2v) is 6.12. The maximum absolute atomic E-state index is 5.81. The maximum Gasteiger partial charge on any atom is 0.128 e. The Morgan fingerprint density at radius 1 is 1.42 bits per heavy atom. The van der Waals surface area contributed by atoms with Gasteiger partial charge >= 0.3 is 0 Å². The van der Waals surface area contributed by atoms with Gasteiger partial charge in [0.25, 0.3) is 0 Å². The molecule has 3 atom stereocenters. The molecule has 4 nitrogen and oxygen atoms in total. The van der Waals surface area contributed by atoms with E-state index in [0.717, 1.165) is 25.3 Å². The Morgan fingerprint density at radius 2 is 2.16 bits per heavy atom. The van der Waals surface area contributed by atoms with Crippen molar-refractivity contribution in [3.05, 3.63) is 23.9 Å². The molecule has 3 unspecified atom stereocenters. The van der Waals surface area contributed by atoms with E-state index in [-0.39, 0.29) is 6.04 Å². The predicted molar refractivity (Wildman–Crippen MR) is 80.4 cm³/mol. The molecule has 0 bridgehead atoms. The van der Waals surface area contributed by atoms with Gasteiger partial charge in [0.1, 0.15) is 5.82 Å². The smallest absolute Gasteiger partial charge is 0.128 e. The van der Waals surface area contributed by atoms with Crippen LogP contribution in [0.2, 0.25) is 0 Å². The van der Waals surface area contributed by atoms with E-state index in [2.05, 4.69) is 47.9 Å². The Hall–Kier alpha value is -1.13. The second-order valence-electron chi connectivity index (χ2n) is 6.12. The highest BCUT2D eigenvalue weighted by atomic mass is 15.3. The third-order valence-electron chi connectivity index (χ3n) is 3.93. The Labute approximate surface area is 116 Å². The molecule has 0 amide bonds. The Morgan fingerprint density at radius 3 is 2.63 bits per heavy atom. The number of rotatable bonds is 4. The predicted octanol–water partition coefficient (Wildman–Crippen LogP) is 1.36. The molecule has 1 aliphatic heterocycles. The van der Waals surface area contributed by atoms with Crippen molar-refractivity contribution in [1.82, 2.24) is 9.88 Å². The number of hydrogen-bond donors (Lipinski definition) is 1. The van der Waals surface area contributed by atoms with Gasteiger partial charge in [0.2, 0.25) is 0 Å². The van der Waals surface area contributed by atoms with E-state index >= 15 is 0 Å². The lowest BCUT2D eigenvalue weighted by Crippen LogP contribution is -2.34. The summed E-state index contributed by atoms with van der Waals surface area (Å²) in [6.45, 7) is 6.49. The van der Waals surface area contributed by atoms with Gasteiger partial charge < -0.3 is 15.5 Å². The molecule has 2 rings (SSSR count). The van der Waals surface area contributed by atoms with Crippen LogP contribution in [0.4, 0.5) is 5.82 Å². The quantitative estimate of drug-likeness (QED) is 0.890. The van der Waals surface area contributed by atoms with E-state index in [1.807, 2.05) is 13.1 Å². The summed E-state index contributed by atoms with van der Waals surface area (Å²) in [4.78, 5) is 9.29. The minimum atomic E-state index is 0.192. The first-order chi connectivity index (χ1) is 8.97. The van der Waals surface area contributed by atoms with Gasteiger partial charge in [-0.2, -0.15) is 0 Å². The lowest BCUT2D eigenvalue weighted by Gasteiger charge is -2.22. The monoisotopic (exact) mass is 262 g/mol. The van der Waals surface area contributed by atoms with Crippen LogP contribution in [-0.4, -0.2) is 49.2 Å². The molecule has 0 aliphatic carbocycles. The van der Waals surface area contributed by atoms with Crippen molar-refractivity contribution in [3.8, 4) is 0 Å². The van der Waals surface area contributed by atoms with Crippen molar-refractivity contribution >= 4 is 5.82 Å². The molecular weight excluding hydrogens is 236 g/mol. The first-order valence-corrected chi connectivity index (χ1v) is 7.09. The van der Waals surface area contributed by atoms with Gasteiger partial charge in [-0.3, -0.25) is 0 Å². The Bertz CT molecular complexity index is 399. The number of anilines is 1. The number of aromatic nitrogens is 1. The van der Waals surface area contributed by atoms with Crippen molar-refractivity contribution in [2.75, 3.05) is 32.1 Å². The van der Waals surface area contributed by atoms with Crippen LogP contribution >= 0.6 is 0 Å². The lowest BCUT2D eigenvalue weighted by molar-refractivity contribution is 0.266. The van der Waals surface area contributed by atoms with Gasteiger partial charge in [0.15, 0.2) is 0 Å². The summed E-state index contributed by atoms with van der Waals surface area (Å²) in [5.74, 6) is 1.77. The summed E-state index contributed by atoms with van der Waals surface area (Å²) >= 11 is 0. The van der Waals surface area contributed by atoms with Gasteiger partial charge in [0, 0.05) is 31.4 Å².